The highest BCUT2D eigenvalue weighted by Crippen LogP contribution is 2.29. The highest BCUT2D eigenvalue weighted by Gasteiger charge is 2.27. The van der Waals surface area contributed by atoms with Crippen molar-refractivity contribution >= 4 is 5.91 Å². The summed E-state index contributed by atoms with van der Waals surface area (Å²) in [6.07, 6.45) is 12.0. The number of carbonyl (C=O) groups is 1. The fraction of sp³-hybridized carbons (Fsp3) is 0.941. The number of unbranched alkanes of at least 4 members (excludes halogenated alkanes) is 5. The van der Waals surface area contributed by atoms with Gasteiger partial charge in [0.2, 0.25) is 5.91 Å². The van der Waals surface area contributed by atoms with Crippen molar-refractivity contribution in [3.8, 4) is 0 Å². The molecule has 0 aromatic carbocycles. The van der Waals surface area contributed by atoms with Crippen LogP contribution in [0.1, 0.15) is 85.0 Å². The molecule has 112 valence electrons. The highest BCUT2D eigenvalue weighted by atomic mass is 16.1. The molecule has 0 spiro atoms. The molecule has 0 heterocycles. The zero-order valence-corrected chi connectivity index (χ0v) is 13.2. The van der Waals surface area contributed by atoms with E-state index in [0.717, 1.165) is 18.8 Å². The monoisotopic (exact) mass is 267 g/mol. The molecule has 1 aliphatic rings. The number of amides is 1. The molecule has 1 saturated carbocycles. The Morgan fingerprint density at radius 2 is 1.74 bits per heavy atom. The Bertz CT molecular complexity index is 252. The van der Waals surface area contributed by atoms with Crippen LogP contribution in [0.5, 0.6) is 0 Å². The summed E-state index contributed by atoms with van der Waals surface area (Å²) in [5, 5.41) is 3.26. The van der Waals surface area contributed by atoms with Gasteiger partial charge in [-0.2, -0.15) is 0 Å². The molecule has 0 aliphatic heterocycles. The lowest BCUT2D eigenvalue weighted by Gasteiger charge is -2.34. The van der Waals surface area contributed by atoms with E-state index in [1.54, 1.807) is 0 Å². The van der Waals surface area contributed by atoms with Crippen molar-refractivity contribution in [2.24, 2.45) is 11.8 Å². The molecule has 1 rings (SSSR count). The van der Waals surface area contributed by atoms with Crippen LogP contribution in [0.4, 0.5) is 0 Å². The van der Waals surface area contributed by atoms with Gasteiger partial charge in [-0.3, -0.25) is 4.79 Å². The van der Waals surface area contributed by atoms with Crippen LogP contribution in [0.2, 0.25) is 0 Å². The first-order valence-corrected chi connectivity index (χ1v) is 8.44. The molecule has 19 heavy (non-hydrogen) atoms. The van der Waals surface area contributed by atoms with Crippen molar-refractivity contribution in [1.29, 1.82) is 0 Å². The minimum Gasteiger partial charge on any atom is -0.353 e. The lowest BCUT2D eigenvalue weighted by Crippen LogP contribution is -2.43. The summed E-state index contributed by atoms with van der Waals surface area (Å²) in [5.41, 5.74) is 0. The quantitative estimate of drug-likeness (QED) is 0.636. The molecule has 0 saturated heterocycles. The van der Waals surface area contributed by atoms with Crippen LogP contribution in [-0.4, -0.2) is 11.9 Å². The van der Waals surface area contributed by atoms with Crippen LogP contribution >= 0.6 is 0 Å². The Hall–Kier alpha value is -0.530. The molecule has 1 N–H and O–H groups in total. The molecule has 0 aromatic rings. The zero-order valence-electron chi connectivity index (χ0n) is 13.2. The molecule has 1 amide bonds. The molecular weight excluding hydrogens is 234 g/mol. The smallest absolute Gasteiger partial charge is 0.220 e. The lowest BCUT2D eigenvalue weighted by atomic mass is 9.78. The Kier molecular flexibility index (Phi) is 8.16. The van der Waals surface area contributed by atoms with E-state index < -0.39 is 0 Å². The Labute approximate surface area is 119 Å². The van der Waals surface area contributed by atoms with E-state index in [2.05, 4.69) is 26.1 Å². The second kappa shape index (κ2) is 9.39. The molecule has 3 unspecified atom stereocenters. The minimum absolute atomic E-state index is 0.279. The second-order valence-electron chi connectivity index (χ2n) is 6.46. The predicted molar refractivity (Wildman–Crippen MR) is 82.1 cm³/mol. The number of hydrogen-bond donors (Lipinski definition) is 1. The molecule has 1 fully saturated rings. The van der Waals surface area contributed by atoms with Gasteiger partial charge in [0, 0.05) is 12.5 Å². The molecule has 1 aliphatic carbocycles. The van der Waals surface area contributed by atoms with Crippen LogP contribution in [-0.2, 0) is 4.79 Å². The Morgan fingerprint density at radius 3 is 2.47 bits per heavy atom. The summed E-state index contributed by atoms with van der Waals surface area (Å²) in [6.45, 7) is 6.84. The molecule has 0 bridgehead atoms. The third kappa shape index (κ3) is 6.44. The largest absolute Gasteiger partial charge is 0.353 e. The van der Waals surface area contributed by atoms with Gasteiger partial charge >= 0.3 is 0 Å². The SMILES string of the molecule is CCCCCCCCC(=O)NC1CCCC(C)C1C. The maximum absolute atomic E-state index is 11.9. The average molecular weight is 267 g/mol. The summed E-state index contributed by atoms with van der Waals surface area (Å²) in [7, 11) is 0. The summed E-state index contributed by atoms with van der Waals surface area (Å²) < 4.78 is 0. The normalized spacial score (nSPS) is 27.2. The third-order valence-electron chi connectivity index (χ3n) is 4.81. The maximum Gasteiger partial charge on any atom is 0.220 e. The van der Waals surface area contributed by atoms with Gasteiger partial charge in [-0.05, 0) is 24.7 Å². The van der Waals surface area contributed by atoms with E-state index in [1.165, 1.54) is 51.4 Å². The van der Waals surface area contributed by atoms with Crippen LogP contribution in [0.3, 0.4) is 0 Å². The molecule has 3 atom stereocenters. The van der Waals surface area contributed by atoms with Crippen molar-refractivity contribution in [3.05, 3.63) is 0 Å². The molecule has 0 radical (unpaired) electrons. The van der Waals surface area contributed by atoms with Gasteiger partial charge in [-0.25, -0.2) is 0 Å². The topological polar surface area (TPSA) is 29.1 Å². The van der Waals surface area contributed by atoms with Crippen molar-refractivity contribution in [2.75, 3.05) is 0 Å². The third-order valence-corrected chi connectivity index (χ3v) is 4.81. The number of rotatable bonds is 8. The van der Waals surface area contributed by atoms with Crippen molar-refractivity contribution < 1.29 is 4.79 Å². The van der Waals surface area contributed by atoms with Gasteiger partial charge in [0.05, 0.1) is 0 Å². The van der Waals surface area contributed by atoms with Crippen LogP contribution in [0, 0.1) is 11.8 Å². The minimum atomic E-state index is 0.279. The van der Waals surface area contributed by atoms with Crippen molar-refractivity contribution in [2.45, 2.75) is 91.0 Å². The average Bonchev–Trinajstić information content (AvgIpc) is 2.39. The van der Waals surface area contributed by atoms with Gasteiger partial charge in [-0.1, -0.05) is 65.7 Å². The standard InChI is InChI=1S/C17H33NO/c1-4-5-6-7-8-9-13-17(19)18-16-12-10-11-14(2)15(16)3/h14-16H,4-13H2,1-3H3,(H,18,19). The van der Waals surface area contributed by atoms with Gasteiger partial charge in [0.1, 0.15) is 0 Å². The number of hydrogen-bond acceptors (Lipinski definition) is 1. The van der Waals surface area contributed by atoms with E-state index in [9.17, 15) is 4.79 Å². The fourth-order valence-electron chi connectivity index (χ4n) is 3.13. The van der Waals surface area contributed by atoms with Crippen molar-refractivity contribution in [3.63, 3.8) is 0 Å². The number of nitrogens with one attached hydrogen (secondary N) is 1. The van der Waals surface area contributed by atoms with E-state index in [4.69, 9.17) is 0 Å². The van der Waals surface area contributed by atoms with Gasteiger partial charge in [0.25, 0.3) is 0 Å². The highest BCUT2D eigenvalue weighted by molar-refractivity contribution is 5.76. The molecule has 2 nitrogen and oxygen atoms in total. The number of carbonyl (C=O) groups excluding carboxylic acids is 1. The predicted octanol–water partition coefficient (Wildman–Crippen LogP) is 4.68. The van der Waals surface area contributed by atoms with E-state index >= 15 is 0 Å². The molecule has 2 heteroatoms. The van der Waals surface area contributed by atoms with Crippen LogP contribution in [0.15, 0.2) is 0 Å². The first-order chi connectivity index (χ1) is 9.15. The van der Waals surface area contributed by atoms with Gasteiger partial charge in [0.15, 0.2) is 0 Å². The summed E-state index contributed by atoms with van der Waals surface area (Å²) in [4.78, 5) is 11.9. The molecular formula is C17H33NO. The zero-order chi connectivity index (χ0) is 14.1. The van der Waals surface area contributed by atoms with E-state index in [-0.39, 0.29) is 5.91 Å². The molecule has 0 aromatic heterocycles. The van der Waals surface area contributed by atoms with Crippen molar-refractivity contribution in [1.82, 2.24) is 5.32 Å². The first kappa shape index (κ1) is 16.5. The Balaban J connectivity index is 2.10. The summed E-state index contributed by atoms with van der Waals surface area (Å²) in [6, 6.07) is 0.427. The Morgan fingerprint density at radius 1 is 1.05 bits per heavy atom. The first-order valence-electron chi connectivity index (χ1n) is 8.44. The second-order valence-corrected chi connectivity index (χ2v) is 6.46. The van der Waals surface area contributed by atoms with Crippen LogP contribution < -0.4 is 5.32 Å². The summed E-state index contributed by atoms with van der Waals surface area (Å²) >= 11 is 0. The van der Waals surface area contributed by atoms with E-state index in [1.807, 2.05) is 0 Å². The maximum atomic E-state index is 11.9. The van der Waals surface area contributed by atoms with Gasteiger partial charge < -0.3 is 5.32 Å². The fourth-order valence-corrected chi connectivity index (χ4v) is 3.13. The van der Waals surface area contributed by atoms with Crippen LogP contribution in [0.25, 0.3) is 0 Å². The lowest BCUT2D eigenvalue weighted by molar-refractivity contribution is -0.122. The van der Waals surface area contributed by atoms with E-state index in [0.29, 0.717) is 12.0 Å². The van der Waals surface area contributed by atoms with Gasteiger partial charge in [-0.15, -0.1) is 0 Å². The summed E-state index contributed by atoms with van der Waals surface area (Å²) in [5.74, 6) is 1.68.